The summed E-state index contributed by atoms with van der Waals surface area (Å²) in [5, 5.41) is 24.4. The molecule has 0 aliphatic rings. The van der Waals surface area contributed by atoms with Crippen molar-refractivity contribution in [1.29, 1.82) is 0 Å². The predicted molar refractivity (Wildman–Crippen MR) is 76.4 cm³/mol. The molecule has 1 aromatic heterocycles. The van der Waals surface area contributed by atoms with Crippen molar-refractivity contribution < 1.29 is 14.8 Å². The van der Waals surface area contributed by atoms with Crippen LogP contribution < -0.4 is 5.32 Å². The first-order valence-corrected chi connectivity index (χ1v) is 6.65. The Kier molecular flexibility index (Phi) is 3.99. The van der Waals surface area contributed by atoms with Gasteiger partial charge >= 0.3 is 11.0 Å². The van der Waals surface area contributed by atoms with E-state index in [1.165, 1.54) is 12.1 Å². The van der Waals surface area contributed by atoms with Crippen LogP contribution in [-0.4, -0.2) is 16.0 Å². The van der Waals surface area contributed by atoms with E-state index in [1.54, 1.807) is 17.5 Å². The Hall–Kier alpha value is -2.41. The van der Waals surface area contributed by atoms with E-state index >= 15 is 0 Å². The number of benzene rings is 1. The Bertz CT molecular complexity index is 666. The van der Waals surface area contributed by atoms with Crippen LogP contribution in [0.15, 0.2) is 29.6 Å². The minimum atomic E-state index is -0.987. The molecule has 0 atom stereocenters. The lowest BCUT2D eigenvalue weighted by Crippen LogP contribution is -2.03. The molecular formula is C13H12N2O4S. The van der Waals surface area contributed by atoms with Gasteiger partial charge in [-0.05, 0) is 30.2 Å². The molecule has 6 nitrogen and oxygen atoms in total. The molecule has 2 N–H and O–H groups in total. The number of anilines is 1. The van der Waals surface area contributed by atoms with Crippen LogP contribution in [0.25, 0.3) is 0 Å². The normalized spacial score (nSPS) is 10.2. The molecule has 0 radical (unpaired) electrons. The van der Waals surface area contributed by atoms with Gasteiger partial charge in [-0.15, -0.1) is 0 Å². The number of aromatic carboxylic acids is 1. The predicted octanol–water partition coefficient (Wildman–Crippen LogP) is 3.28. The van der Waals surface area contributed by atoms with Crippen molar-refractivity contribution in [2.24, 2.45) is 0 Å². The lowest BCUT2D eigenvalue weighted by molar-refractivity contribution is -0.380. The minimum absolute atomic E-state index is 0.0952. The van der Waals surface area contributed by atoms with Crippen molar-refractivity contribution in [3.63, 3.8) is 0 Å². The van der Waals surface area contributed by atoms with Gasteiger partial charge in [-0.25, -0.2) is 4.79 Å². The molecule has 20 heavy (non-hydrogen) atoms. The Morgan fingerprint density at radius 2 is 2.20 bits per heavy atom. The van der Waals surface area contributed by atoms with E-state index in [1.807, 2.05) is 6.92 Å². The highest BCUT2D eigenvalue weighted by Gasteiger charge is 2.10. The number of aryl methyl sites for hydroxylation is 1. The van der Waals surface area contributed by atoms with Gasteiger partial charge in [0.2, 0.25) is 0 Å². The van der Waals surface area contributed by atoms with Gasteiger partial charge in [0.1, 0.15) is 0 Å². The summed E-state index contributed by atoms with van der Waals surface area (Å²) in [5.74, 6) is -0.987. The molecule has 104 valence electrons. The summed E-state index contributed by atoms with van der Waals surface area (Å²) in [7, 11) is 0. The molecule has 0 spiro atoms. The largest absolute Gasteiger partial charge is 0.478 e. The molecule has 2 rings (SSSR count). The number of carboxylic acids is 1. The molecule has 0 unspecified atom stereocenters. The van der Waals surface area contributed by atoms with E-state index in [-0.39, 0.29) is 10.6 Å². The number of thiophene rings is 1. The van der Waals surface area contributed by atoms with Crippen LogP contribution in [0.4, 0.5) is 10.7 Å². The van der Waals surface area contributed by atoms with E-state index < -0.39 is 10.9 Å². The molecule has 0 aliphatic carbocycles. The number of carboxylic acid groups (broad SMARTS) is 1. The Labute approximate surface area is 118 Å². The molecule has 0 fully saturated rings. The summed E-state index contributed by atoms with van der Waals surface area (Å²) in [5.41, 5.74) is 2.62. The summed E-state index contributed by atoms with van der Waals surface area (Å²) in [6.07, 6.45) is 0. The molecule has 0 aliphatic heterocycles. The van der Waals surface area contributed by atoms with E-state index in [2.05, 4.69) is 5.32 Å². The molecule has 2 aromatic rings. The van der Waals surface area contributed by atoms with Crippen LogP contribution in [-0.2, 0) is 6.54 Å². The maximum atomic E-state index is 10.9. The van der Waals surface area contributed by atoms with Gasteiger partial charge < -0.3 is 10.4 Å². The molecule has 1 aromatic carbocycles. The maximum absolute atomic E-state index is 10.9. The van der Waals surface area contributed by atoms with Crippen molar-refractivity contribution >= 4 is 28.0 Å². The Morgan fingerprint density at radius 3 is 2.80 bits per heavy atom. The van der Waals surface area contributed by atoms with E-state index in [0.717, 1.165) is 22.5 Å². The molecule has 0 amide bonds. The minimum Gasteiger partial charge on any atom is -0.478 e. The number of carbonyl (C=O) groups is 1. The van der Waals surface area contributed by atoms with E-state index in [0.29, 0.717) is 12.2 Å². The Morgan fingerprint density at radius 1 is 1.45 bits per heavy atom. The summed E-state index contributed by atoms with van der Waals surface area (Å²) < 4.78 is 0. The van der Waals surface area contributed by atoms with Crippen LogP contribution in [0, 0.1) is 17.0 Å². The zero-order valence-corrected chi connectivity index (χ0v) is 11.4. The monoisotopic (exact) mass is 292 g/mol. The first kappa shape index (κ1) is 14.0. The van der Waals surface area contributed by atoms with Gasteiger partial charge in [0.05, 0.1) is 10.5 Å². The maximum Gasteiger partial charge on any atom is 0.335 e. The fraction of sp³-hybridized carbons (Fsp3) is 0.154. The van der Waals surface area contributed by atoms with Crippen molar-refractivity contribution in [3.8, 4) is 0 Å². The first-order valence-electron chi connectivity index (χ1n) is 5.77. The summed E-state index contributed by atoms with van der Waals surface area (Å²) in [6, 6.07) is 6.33. The van der Waals surface area contributed by atoms with Crippen LogP contribution in [0.3, 0.4) is 0 Å². The zero-order valence-electron chi connectivity index (χ0n) is 10.6. The number of hydrogen-bond donors (Lipinski definition) is 2. The van der Waals surface area contributed by atoms with Gasteiger partial charge in [-0.2, -0.15) is 0 Å². The summed E-state index contributed by atoms with van der Waals surface area (Å²) in [6.45, 7) is 2.28. The lowest BCUT2D eigenvalue weighted by atomic mass is 10.1. The number of nitro groups is 1. The second-order valence-electron chi connectivity index (χ2n) is 4.24. The average molecular weight is 292 g/mol. The molecule has 1 heterocycles. The second-order valence-corrected chi connectivity index (χ2v) is 5.13. The van der Waals surface area contributed by atoms with Gasteiger partial charge in [0.15, 0.2) is 0 Å². The van der Waals surface area contributed by atoms with Crippen molar-refractivity contribution in [2.75, 3.05) is 5.32 Å². The van der Waals surface area contributed by atoms with E-state index in [9.17, 15) is 14.9 Å². The van der Waals surface area contributed by atoms with Gasteiger partial charge in [-0.3, -0.25) is 10.1 Å². The molecule has 7 heteroatoms. The highest BCUT2D eigenvalue weighted by atomic mass is 32.1. The molecule has 0 bridgehead atoms. The highest BCUT2D eigenvalue weighted by molar-refractivity contribution is 7.13. The summed E-state index contributed by atoms with van der Waals surface area (Å²) >= 11 is 1.07. The van der Waals surface area contributed by atoms with Crippen LogP contribution >= 0.6 is 11.3 Å². The quantitative estimate of drug-likeness (QED) is 0.651. The number of rotatable bonds is 5. The third-order valence-corrected chi connectivity index (χ3v) is 3.72. The fourth-order valence-electron chi connectivity index (χ4n) is 1.69. The fourth-order valence-corrected chi connectivity index (χ4v) is 2.42. The molecular weight excluding hydrogens is 280 g/mol. The van der Waals surface area contributed by atoms with Crippen LogP contribution in [0.2, 0.25) is 0 Å². The van der Waals surface area contributed by atoms with Crippen LogP contribution in [0.1, 0.15) is 21.5 Å². The number of hydrogen-bond acceptors (Lipinski definition) is 5. The van der Waals surface area contributed by atoms with Crippen molar-refractivity contribution in [3.05, 3.63) is 56.5 Å². The topological polar surface area (TPSA) is 92.5 Å². The second kappa shape index (κ2) is 5.70. The molecule has 0 saturated heterocycles. The van der Waals surface area contributed by atoms with Gasteiger partial charge in [0.25, 0.3) is 0 Å². The van der Waals surface area contributed by atoms with E-state index in [4.69, 9.17) is 5.11 Å². The average Bonchev–Trinajstić information content (AvgIpc) is 2.86. The Balaban J connectivity index is 2.11. The standard InChI is InChI=1S/C13H12N2O4S/c1-8-2-3-10(13(16)17)5-11(8)14-6-9-4-12(15(18)19)20-7-9/h2-5,7,14H,6H2,1H3,(H,16,17). The lowest BCUT2D eigenvalue weighted by Gasteiger charge is -2.09. The number of nitrogens with zero attached hydrogens (tertiary/aromatic N) is 1. The first-order chi connectivity index (χ1) is 9.47. The highest BCUT2D eigenvalue weighted by Crippen LogP contribution is 2.24. The van der Waals surface area contributed by atoms with Crippen LogP contribution in [0.5, 0.6) is 0 Å². The van der Waals surface area contributed by atoms with Crippen molar-refractivity contribution in [1.82, 2.24) is 0 Å². The van der Waals surface area contributed by atoms with Gasteiger partial charge in [0, 0.05) is 23.7 Å². The SMILES string of the molecule is Cc1ccc(C(=O)O)cc1NCc1csc([N+](=O)[O-])c1. The molecule has 0 saturated carbocycles. The smallest absolute Gasteiger partial charge is 0.335 e. The zero-order chi connectivity index (χ0) is 14.7. The van der Waals surface area contributed by atoms with Gasteiger partial charge in [-0.1, -0.05) is 17.4 Å². The third kappa shape index (κ3) is 3.12. The number of nitrogens with one attached hydrogen (secondary N) is 1. The third-order valence-electron chi connectivity index (χ3n) is 2.79. The van der Waals surface area contributed by atoms with Crippen molar-refractivity contribution in [2.45, 2.75) is 13.5 Å². The summed E-state index contributed by atoms with van der Waals surface area (Å²) in [4.78, 5) is 21.1.